The normalized spacial score (nSPS) is 31.5. The topological polar surface area (TPSA) is 21.3 Å². The van der Waals surface area contributed by atoms with Crippen LogP contribution in [0.1, 0.15) is 35.1 Å². The number of alkyl halides is 3. The van der Waals surface area contributed by atoms with Gasteiger partial charge in [0.25, 0.3) is 0 Å². The smallest absolute Gasteiger partial charge is 0.369 e. The minimum absolute atomic E-state index is 0.274. The molecule has 1 N–H and O–H groups in total. The van der Waals surface area contributed by atoms with E-state index in [1.54, 1.807) is 0 Å². The maximum absolute atomic E-state index is 12.9. The summed E-state index contributed by atoms with van der Waals surface area (Å²) in [5.74, 6) is 0. The van der Waals surface area contributed by atoms with Gasteiger partial charge in [-0.05, 0) is 44.4 Å². The number of piperidine rings is 1. The highest BCUT2D eigenvalue weighted by Crippen LogP contribution is 2.48. The molecule has 2 nitrogen and oxygen atoms in total. The van der Waals surface area contributed by atoms with Crippen molar-refractivity contribution in [1.29, 1.82) is 0 Å². The summed E-state index contributed by atoms with van der Waals surface area (Å²) in [6, 6.07) is 1.59. The van der Waals surface area contributed by atoms with Gasteiger partial charge in [0.1, 0.15) is 10.5 Å². The van der Waals surface area contributed by atoms with Crippen LogP contribution in [-0.4, -0.2) is 19.2 Å². The van der Waals surface area contributed by atoms with Crippen LogP contribution >= 0.6 is 11.3 Å². The lowest BCUT2D eigenvalue weighted by atomic mass is 9.83. The molecule has 2 aliphatic heterocycles. The van der Waals surface area contributed by atoms with Crippen LogP contribution in [-0.2, 0) is 22.9 Å². The van der Waals surface area contributed by atoms with E-state index in [9.17, 15) is 13.2 Å². The lowest BCUT2D eigenvalue weighted by Crippen LogP contribution is -2.48. The summed E-state index contributed by atoms with van der Waals surface area (Å²) in [6.45, 7) is 3.37. The Labute approximate surface area is 114 Å². The van der Waals surface area contributed by atoms with Gasteiger partial charge in [-0.1, -0.05) is 0 Å². The van der Waals surface area contributed by atoms with Gasteiger partial charge in [0, 0.05) is 10.9 Å². The van der Waals surface area contributed by atoms with Crippen LogP contribution < -0.4 is 5.32 Å². The summed E-state index contributed by atoms with van der Waals surface area (Å²) in [6.07, 6.45) is -2.16. The van der Waals surface area contributed by atoms with E-state index in [1.165, 1.54) is 6.07 Å². The Balaban J connectivity index is 2.02. The average Bonchev–Trinajstić information content (AvgIpc) is 2.74. The van der Waals surface area contributed by atoms with E-state index in [0.717, 1.165) is 41.2 Å². The zero-order valence-electron chi connectivity index (χ0n) is 10.6. The molecule has 0 saturated carbocycles. The van der Waals surface area contributed by atoms with Crippen molar-refractivity contribution in [2.24, 2.45) is 0 Å². The quantitative estimate of drug-likeness (QED) is 0.792. The maximum atomic E-state index is 12.9. The molecule has 1 spiro atoms. The van der Waals surface area contributed by atoms with E-state index >= 15 is 0 Å². The molecule has 6 heteroatoms. The van der Waals surface area contributed by atoms with Crippen molar-refractivity contribution in [3.05, 3.63) is 21.4 Å². The zero-order valence-corrected chi connectivity index (χ0v) is 11.5. The fourth-order valence-corrected chi connectivity index (χ4v) is 4.35. The lowest BCUT2D eigenvalue weighted by Gasteiger charge is -2.42. The van der Waals surface area contributed by atoms with Gasteiger partial charge in [0.15, 0.2) is 0 Å². The summed E-state index contributed by atoms with van der Waals surface area (Å²) < 4.78 is 44.5. The Kier molecular flexibility index (Phi) is 3.15. The lowest BCUT2D eigenvalue weighted by molar-refractivity contribution is -0.134. The average molecular weight is 291 g/mol. The van der Waals surface area contributed by atoms with Gasteiger partial charge in [0.05, 0.1) is 6.61 Å². The number of hydrogen-bond donors (Lipinski definition) is 1. The van der Waals surface area contributed by atoms with Crippen molar-refractivity contribution in [3.8, 4) is 0 Å². The molecule has 106 valence electrons. The van der Waals surface area contributed by atoms with E-state index in [2.05, 4.69) is 12.2 Å². The molecule has 0 aromatic carbocycles. The molecule has 19 heavy (non-hydrogen) atoms. The third kappa shape index (κ3) is 2.30. The molecular formula is C13H16F3NOS. The van der Waals surface area contributed by atoms with Gasteiger partial charge >= 0.3 is 6.18 Å². The predicted molar refractivity (Wildman–Crippen MR) is 67.4 cm³/mol. The van der Waals surface area contributed by atoms with E-state index in [0.29, 0.717) is 13.0 Å². The summed E-state index contributed by atoms with van der Waals surface area (Å²) in [5, 5.41) is 3.32. The van der Waals surface area contributed by atoms with Crippen molar-refractivity contribution < 1.29 is 17.9 Å². The first-order chi connectivity index (χ1) is 8.91. The van der Waals surface area contributed by atoms with Gasteiger partial charge < -0.3 is 10.1 Å². The number of halogens is 3. The van der Waals surface area contributed by atoms with Crippen LogP contribution in [0.15, 0.2) is 6.07 Å². The minimum Gasteiger partial charge on any atom is -0.369 e. The first kappa shape index (κ1) is 13.4. The number of thiophene rings is 1. The molecule has 0 aliphatic carbocycles. The monoisotopic (exact) mass is 291 g/mol. The number of nitrogens with one attached hydrogen (secondary N) is 1. The van der Waals surface area contributed by atoms with Gasteiger partial charge in [0.2, 0.25) is 0 Å². The van der Waals surface area contributed by atoms with E-state index < -0.39 is 16.7 Å². The number of hydrogen-bond acceptors (Lipinski definition) is 3. The molecule has 1 fully saturated rings. The summed E-state index contributed by atoms with van der Waals surface area (Å²) >= 11 is 0.872. The molecule has 0 unspecified atom stereocenters. The minimum atomic E-state index is -4.25. The third-order valence-corrected chi connectivity index (χ3v) is 5.32. The molecule has 2 aliphatic rings. The Bertz CT molecular complexity index is 485. The number of rotatable bonds is 0. The molecule has 0 bridgehead atoms. The standard InChI is InChI=1S/C13H16F3NOS/c1-8-7-12(3-4-17-8)11-9(2-5-18-12)6-10(19-11)13(14,15)16/h6,8,17H,2-5,7H2,1H3/t8-,12+/m0/s1. The summed E-state index contributed by atoms with van der Waals surface area (Å²) in [7, 11) is 0. The Hall–Kier alpha value is -0.590. The van der Waals surface area contributed by atoms with Gasteiger partial charge in [-0.3, -0.25) is 0 Å². The fraction of sp³-hybridized carbons (Fsp3) is 0.692. The molecule has 3 rings (SSSR count). The molecule has 3 heterocycles. The van der Waals surface area contributed by atoms with Gasteiger partial charge in [-0.25, -0.2) is 0 Å². The van der Waals surface area contributed by atoms with Crippen molar-refractivity contribution >= 4 is 11.3 Å². The Morgan fingerprint density at radius 2 is 2.26 bits per heavy atom. The van der Waals surface area contributed by atoms with Crippen LogP contribution in [0.25, 0.3) is 0 Å². The largest absolute Gasteiger partial charge is 0.425 e. The van der Waals surface area contributed by atoms with E-state index in [-0.39, 0.29) is 6.04 Å². The molecule has 0 radical (unpaired) electrons. The van der Waals surface area contributed by atoms with E-state index in [4.69, 9.17) is 4.74 Å². The highest BCUT2D eigenvalue weighted by atomic mass is 32.1. The molecule has 2 atom stereocenters. The summed E-state index contributed by atoms with van der Waals surface area (Å²) in [5.41, 5.74) is 0.338. The second kappa shape index (κ2) is 4.46. The highest BCUT2D eigenvalue weighted by Gasteiger charge is 2.45. The SMILES string of the molecule is C[C@H]1C[C@@]2(CCN1)OCCc1cc(C(F)(F)F)sc12. The number of fused-ring (bicyclic) bond motifs is 2. The molecule has 1 aromatic heterocycles. The molecule has 1 saturated heterocycles. The fourth-order valence-electron chi connectivity index (χ4n) is 3.09. The molecule has 0 amide bonds. The van der Waals surface area contributed by atoms with Crippen LogP contribution in [0.4, 0.5) is 13.2 Å². The van der Waals surface area contributed by atoms with Gasteiger partial charge in [-0.2, -0.15) is 13.2 Å². The third-order valence-electron chi connectivity index (χ3n) is 3.91. The Morgan fingerprint density at radius 3 is 2.95 bits per heavy atom. The summed E-state index contributed by atoms with van der Waals surface area (Å²) in [4.78, 5) is 0.313. The van der Waals surface area contributed by atoms with Crippen molar-refractivity contribution in [2.75, 3.05) is 13.2 Å². The zero-order chi connectivity index (χ0) is 13.7. The first-order valence-electron chi connectivity index (χ1n) is 6.48. The van der Waals surface area contributed by atoms with Crippen LogP contribution in [0, 0.1) is 0 Å². The van der Waals surface area contributed by atoms with Crippen LogP contribution in [0.5, 0.6) is 0 Å². The van der Waals surface area contributed by atoms with Crippen LogP contribution in [0.3, 0.4) is 0 Å². The second-order valence-corrected chi connectivity index (χ2v) is 6.42. The highest BCUT2D eigenvalue weighted by molar-refractivity contribution is 7.12. The second-order valence-electron chi connectivity index (χ2n) is 5.36. The van der Waals surface area contributed by atoms with Gasteiger partial charge in [-0.15, -0.1) is 11.3 Å². The maximum Gasteiger partial charge on any atom is 0.425 e. The molecular weight excluding hydrogens is 275 g/mol. The van der Waals surface area contributed by atoms with Crippen LogP contribution in [0.2, 0.25) is 0 Å². The predicted octanol–water partition coefficient (Wildman–Crippen LogP) is 3.31. The Morgan fingerprint density at radius 1 is 1.47 bits per heavy atom. The van der Waals surface area contributed by atoms with Crippen molar-refractivity contribution in [2.45, 2.75) is 44.0 Å². The van der Waals surface area contributed by atoms with Crippen molar-refractivity contribution in [3.63, 3.8) is 0 Å². The van der Waals surface area contributed by atoms with E-state index in [1.807, 2.05) is 0 Å². The molecule has 1 aromatic rings. The van der Waals surface area contributed by atoms with Crippen molar-refractivity contribution in [1.82, 2.24) is 5.32 Å². The first-order valence-corrected chi connectivity index (χ1v) is 7.30. The number of ether oxygens (including phenoxy) is 1.